The van der Waals surface area contributed by atoms with Crippen molar-refractivity contribution in [1.29, 1.82) is 0 Å². The molecule has 0 aliphatic carbocycles. The van der Waals surface area contributed by atoms with E-state index < -0.39 is 0 Å². The average Bonchev–Trinajstić information content (AvgIpc) is 2.74. The monoisotopic (exact) mass is 591 g/mol. The Hall–Kier alpha value is -2.86. The van der Waals surface area contributed by atoms with Crippen molar-refractivity contribution in [2.75, 3.05) is 6.54 Å². The molecule has 0 saturated heterocycles. The fourth-order valence-electron chi connectivity index (χ4n) is 1.97. The molecule has 0 aromatic rings. The van der Waals surface area contributed by atoms with E-state index in [4.69, 9.17) is 41.6 Å². The van der Waals surface area contributed by atoms with Crippen LogP contribution in [0.5, 0.6) is 0 Å². The van der Waals surface area contributed by atoms with Crippen LogP contribution in [0, 0.1) is 0 Å². The van der Waals surface area contributed by atoms with E-state index in [0.717, 1.165) is 22.8 Å². The van der Waals surface area contributed by atoms with Crippen molar-refractivity contribution in [3.05, 3.63) is 0 Å². The van der Waals surface area contributed by atoms with E-state index in [1.54, 1.807) is 0 Å². The minimum Gasteiger partial charge on any atom is -0.392 e. The van der Waals surface area contributed by atoms with Crippen LogP contribution in [0.4, 0.5) is 0 Å². The first-order chi connectivity index (χ1) is 17.0. The number of thiocarbonyl (C=S) groups is 4. The predicted molar refractivity (Wildman–Crippen MR) is 169 cm³/mol. The molecule has 0 radical (unpaired) electrons. The zero-order valence-electron chi connectivity index (χ0n) is 21.9. The number of hydrogen-bond donors (Lipinski definition) is 7. The van der Waals surface area contributed by atoms with Crippen LogP contribution in [-0.2, 0) is 9.59 Å². The molecule has 0 bridgehead atoms. The summed E-state index contributed by atoms with van der Waals surface area (Å²) >= 11 is 18.8. The van der Waals surface area contributed by atoms with Gasteiger partial charge in [0.25, 0.3) is 0 Å². The first kappa shape index (κ1) is 38.7. The van der Waals surface area contributed by atoms with Gasteiger partial charge in [-0.2, -0.15) is 10.2 Å². The van der Waals surface area contributed by atoms with Crippen molar-refractivity contribution in [2.24, 2.45) is 43.2 Å². The summed E-state index contributed by atoms with van der Waals surface area (Å²) in [5.74, 6) is 4.53. The van der Waals surface area contributed by atoms with Crippen LogP contribution in [0.25, 0.3) is 0 Å². The van der Waals surface area contributed by atoms with Crippen molar-refractivity contribution >= 4 is 104 Å². The van der Waals surface area contributed by atoms with E-state index in [1.165, 1.54) is 13.8 Å². The van der Waals surface area contributed by atoms with Gasteiger partial charge in [0.05, 0.1) is 18.0 Å². The summed E-state index contributed by atoms with van der Waals surface area (Å²) in [6.45, 7) is 10.6. The molecule has 0 aliphatic heterocycles. The lowest BCUT2D eigenvalue weighted by atomic mass is 10.2. The Balaban J connectivity index is -0.000000790. The van der Waals surface area contributed by atoms with E-state index >= 15 is 0 Å². The third-order valence-corrected chi connectivity index (χ3v) is 3.68. The highest BCUT2D eigenvalue weighted by Crippen LogP contribution is 1.94. The number of carbonyl (C=O) groups excluding carboxylic acids is 2. The van der Waals surface area contributed by atoms with Crippen LogP contribution in [-0.4, -0.2) is 61.3 Å². The van der Waals surface area contributed by atoms with Gasteiger partial charge in [-0.25, -0.2) is 10.8 Å². The van der Waals surface area contributed by atoms with E-state index in [1.807, 2.05) is 33.1 Å². The highest BCUT2D eigenvalue weighted by atomic mass is 32.1. The standard InChI is InChI=1S/C14H24N8S3.C5H8O2.CH5N3S/c1-8(17-7-12(15)23)5-9(2)18-14(25)22-20-11(4)6-10(3)19-21-13(16)24;1-4(6)3-5(2)7;2-1(5)4-3/h5-7H2,1-4H3,(H2,15,23)(H,22,25)(H3,16,21,24);3H2,1-2H3;3H2,(H3,2,4,5)/b17-8?,18-9?,19-10+,20-11+;;. The van der Waals surface area contributed by atoms with Gasteiger partial charge in [0.15, 0.2) is 10.2 Å². The largest absolute Gasteiger partial charge is 0.392 e. The van der Waals surface area contributed by atoms with Gasteiger partial charge in [-0.05, 0) is 78.2 Å². The molecule has 0 rings (SSSR count). The maximum atomic E-state index is 10.0. The van der Waals surface area contributed by atoms with Gasteiger partial charge in [-0.3, -0.25) is 25.4 Å². The zero-order valence-corrected chi connectivity index (χ0v) is 25.1. The minimum atomic E-state index is -0.0625. The summed E-state index contributed by atoms with van der Waals surface area (Å²) in [7, 11) is 0. The molecule has 0 amide bonds. The Morgan fingerprint density at radius 2 is 1.11 bits per heavy atom. The molecular weight excluding hydrogens is 555 g/mol. The molecule has 0 spiro atoms. The molecule has 0 heterocycles. The van der Waals surface area contributed by atoms with Gasteiger partial charge in [0, 0.05) is 35.7 Å². The van der Waals surface area contributed by atoms with Crippen LogP contribution in [0.15, 0.2) is 20.2 Å². The first-order valence-corrected chi connectivity index (χ1v) is 12.1. The summed E-state index contributed by atoms with van der Waals surface area (Å²) in [6.07, 6.45) is 1.21. The third-order valence-electron chi connectivity index (χ3n) is 3.16. The second-order valence-corrected chi connectivity index (χ2v) is 9.19. The van der Waals surface area contributed by atoms with Gasteiger partial charge in [0.2, 0.25) is 5.11 Å². The maximum absolute atomic E-state index is 10.0. The molecule has 37 heavy (non-hydrogen) atoms. The Labute approximate surface area is 239 Å². The molecule has 0 unspecified atom stereocenters. The SMILES string of the molecule is CC(=O)CC(C)=O.CC(CC(C)=NC(=S)N/N=C(\C)C/C(C)=N/NC(N)=S)=NCC(N)=S.NNC(N)=S. The summed E-state index contributed by atoms with van der Waals surface area (Å²) in [5.41, 5.74) is 26.1. The predicted octanol–water partition coefficient (Wildman–Crippen LogP) is 0.682. The summed E-state index contributed by atoms with van der Waals surface area (Å²) in [4.78, 5) is 28.9. The molecule has 0 aromatic heterocycles. The quantitative estimate of drug-likeness (QED) is 0.0611. The lowest BCUT2D eigenvalue weighted by molar-refractivity contribution is -0.124. The van der Waals surface area contributed by atoms with Crippen LogP contribution in [0.1, 0.15) is 60.8 Å². The Morgan fingerprint density at radius 1 is 0.676 bits per heavy atom. The van der Waals surface area contributed by atoms with E-state index in [2.05, 4.69) is 61.3 Å². The van der Waals surface area contributed by atoms with Gasteiger partial charge in [0.1, 0.15) is 11.6 Å². The number of nitrogens with zero attached hydrogens (tertiary/aromatic N) is 4. The highest BCUT2D eigenvalue weighted by molar-refractivity contribution is 7.80. The molecule has 17 heteroatoms. The second-order valence-electron chi connectivity index (χ2n) is 7.40. The highest BCUT2D eigenvalue weighted by Gasteiger charge is 2.00. The molecule has 0 aliphatic rings. The number of hydrazone groups is 2. The molecule has 0 saturated carbocycles. The number of nitrogens with one attached hydrogen (secondary N) is 3. The van der Waals surface area contributed by atoms with Gasteiger partial charge >= 0.3 is 0 Å². The Kier molecular flexibility index (Phi) is 24.6. The molecule has 0 aromatic carbocycles. The van der Waals surface area contributed by atoms with Crippen molar-refractivity contribution in [1.82, 2.24) is 16.3 Å². The first-order valence-electron chi connectivity index (χ1n) is 10.5. The minimum absolute atomic E-state index is 0.0625. The van der Waals surface area contributed by atoms with Gasteiger partial charge in [-0.1, -0.05) is 12.2 Å². The number of aliphatic imine (C=N–C) groups is 2. The summed E-state index contributed by atoms with van der Waals surface area (Å²) in [6, 6.07) is 0. The average molecular weight is 592 g/mol. The van der Waals surface area contributed by atoms with Crippen molar-refractivity contribution in [3.63, 3.8) is 0 Å². The van der Waals surface area contributed by atoms with Crippen molar-refractivity contribution in [3.8, 4) is 0 Å². The Bertz CT molecular complexity index is 933. The van der Waals surface area contributed by atoms with Crippen LogP contribution in [0.3, 0.4) is 0 Å². The van der Waals surface area contributed by atoms with Gasteiger partial charge < -0.3 is 22.6 Å². The van der Waals surface area contributed by atoms with Crippen LogP contribution < -0.4 is 39.3 Å². The number of ketones is 2. The fourth-order valence-corrected chi connectivity index (χ4v) is 2.28. The fraction of sp³-hybridized carbons (Fsp3) is 0.500. The molecule has 208 valence electrons. The van der Waals surface area contributed by atoms with Crippen LogP contribution >= 0.6 is 48.9 Å². The molecule has 0 atom stereocenters. The van der Waals surface area contributed by atoms with Gasteiger partial charge in [-0.15, -0.1) is 0 Å². The molecule has 0 fully saturated rings. The van der Waals surface area contributed by atoms with E-state index in [0.29, 0.717) is 24.4 Å². The number of Topliss-reactive ketones (excluding diaryl/α,β-unsaturated/α-hetero) is 2. The molecule has 13 nitrogen and oxygen atoms in total. The van der Waals surface area contributed by atoms with Crippen molar-refractivity contribution in [2.45, 2.75) is 60.8 Å². The summed E-state index contributed by atoms with van der Waals surface area (Å²) in [5, 5.41) is 8.67. The zero-order chi connectivity index (χ0) is 29.6. The molecular formula is C20H37N11O2S4. The number of nitrogens with two attached hydrogens (primary N) is 4. The lowest BCUT2D eigenvalue weighted by Crippen LogP contribution is -2.34. The second kappa shape index (κ2) is 23.5. The van der Waals surface area contributed by atoms with Crippen LogP contribution in [0.2, 0.25) is 0 Å². The normalized spacial score (nSPS) is 11.5. The Morgan fingerprint density at radius 3 is 1.46 bits per heavy atom. The smallest absolute Gasteiger partial charge is 0.213 e. The summed E-state index contributed by atoms with van der Waals surface area (Å²) < 4.78 is 0. The van der Waals surface area contributed by atoms with Crippen molar-refractivity contribution < 1.29 is 9.59 Å². The lowest BCUT2D eigenvalue weighted by Gasteiger charge is -2.04. The third kappa shape index (κ3) is 35.4. The molecule has 11 N–H and O–H groups in total. The maximum Gasteiger partial charge on any atom is 0.213 e. The van der Waals surface area contributed by atoms with E-state index in [-0.39, 0.29) is 33.3 Å². The topological polar surface area (TPSA) is 224 Å². The number of carbonyl (C=O) groups is 2. The van der Waals surface area contributed by atoms with E-state index in [9.17, 15) is 9.59 Å². The number of hydrazine groups is 1. The number of hydrogen-bond acceptors (Lipinski definition) is 10. The number of rotatable bonds is 10.